The van der Waals surface area contributed by atoms with Crippen molar-refractivity contribution in [3.8, 4) is 0 Å². The molecule has 2 aliphatic heterocycles. The van der Waals surface area contributed by atoms with Crippen LogP contribution in [0, 0.1) is 0 Å². The highest BCUT2D eigenvalue weighted by Crippen LogP contribution is 2.26. The third-order valence-corrected chi connectivity index (χ3v) is 9.77. The number of thiophene rings is 1. The summed E-state index contributed by atoms with van der Waals surface area (Å²) in [5.74, 6) is -3.13. The smallest absolute Gasteiger partial charge is 0.341 e. The molecule has 15 heteroatoms. The summed E-state index contributed by atoms with van der Waals surface area (Å²) in [6, 6.07) is 13.4. The number of nitrogens with zero attached hydrogens (tertiary/aromatic N) is 2. The van der Waals surface area contributed by atoms with Crippen LogP contribution in [0.25, 0.3) is 0 Å². The molecule has 3 aromatic rings. The number of carbonyl (C=O) groups is 6. The van der Waals surface area contributed by atoms with Crippen LogP contribution in [-0.4, -0.2) is 83.3 Å². The SMILES string of the molecule is O=C(NCCc1cccs1)N[C@H]1CCC(=O)N2CCC[C@@H](C(=O)N[C@@H](Cc3ccccc3)C(=O)COC(=O)c3c(Cl)cccc3Cl)N2C1=O. The lowest BCUT2D eigenvalue weighted by Gasteiger charge is -2.43. The highest BCUT2D eigenvalue weighted by molar-refractivity contribution is 7.09. The number of halogens is 2. The summed E-state index contributed by atoms with van der Waals surface area (Å²) in [5, 5.41) is 12.6. The maximum absolute atomic E-state index is 13.9. The summed E-state index contributed by atoms with van der Waals surface area (Å²) in [5.41, 5.74) is 0.635. The van der Waals surface area contributed by atoms with Gasteiger partial charge in [0, 0.05) is 24.4 Å². The van der Waals surface area contributed by atoms with Gasteiger partial charge in [0.25, 0.3) is 5.91 Å². The van der Waals surface area contributed by atoms with Crippen molar-refractivity contribution in [2.24, 2.45) is 0 Å². The van der Waals surface area contributed by atoms with E-state index in [1.807, 2.05) is 17.5 Å². The van der Waals surface area contributed by atoms with Crippen LogP contribution >= 0.6 is 34.5 Å². The van der Waals surface area contributed by atoms with Gasteiger partial charge in [-0.3, -0.25) is 24.2 Å². The van der Waals surface area contributed by atoms with Crippen LogP contribution < -0.4 is 16.0 Å². The zero-order chi connectivity index (χ0) is 34.9. The molecule has 0 bridgehead atoms. The normalized spacial score (nSPS) is 18.2. The fraction of sp³-hybridized carbons (Fsp3) is 0.353. The average Bonchev–Trinajstić information content (AvgIpc) is 3.58. The van der Waals surface area contributed by atoms with Crippen LogP contribution in [0.15, 0.2) is 66.0 Å². The number of fused-ring (bicyclic) bond motifs is 1. The second kappa shape index (κ2) is 16.8. The molecule has 258 valence electrons. The summed E-state index contributed by atoms with van der Waals surface area (Å²) in [6.07, 6.45) is 1.39. The first-order valence-electron chi connectivity index (χ1n) is 15.8. The zero-order valence-corrected chi connectivity index (χ0v) is 28.7. The van der Waals surface area contributed by atoms with E-state index in [1.165, 1.54) is 17.1 Å². The third-order valence-electron chi connectivity index (χ3n) is 8.21. The van der Waals surface area contributed by atoms with Gasteiger partial charge in [-0.25, -0.2) is 14.6 Å². The second-order valence-electron chi connectivity index (χ2n) is 11.6. The molecule has 0 unspecified atom stereocenters. The predicted molar refractivity (Wildman–Crippen MR) is 183 cm³/mol. The number of ether oxygens (including phenoxy) is 1. The number of benzene rings is 2. The highest BCUT2D eigenvalue weighted by Gasteiger charge is 2.45. The van der Waals surface area contributed by atoms with E-state index in [9.17, 15) is 28.8 Å². The first-order chi connectivity index (χ1) is 23.6. The van der Waals surface area contributed by atoms with Gasteiger partial charge in [0.15, 0.2) is 12.4 Å². The summed E-state index contributed by atoms with van der Waals surface area (Å²) in [4.78, 5) is 81.0. The van der Waals surface area contributed by atoms with Crippen LogP contribution in [0.4, 0.5) is 4.79 Å². The van der Waals surface area contributed by atoms with Gasteiger partial charge >= 0.3 is 12.0 Å². The fourth-order valence-electron chi connectivity index (χ4n) is 5.73. The van der Waals surface area contributed by atoms with E-state index < -0.39 is 54.3 Å². The minimum Gasteiger partial charge on any atom is -0.454 e. The van der Waals surface area contributed by atoms with Gasteiger partial charge in [0.05, 0.1) is 21.7 Å². The van der Waals surface area contributed by atoms with E-state index in [2.05, 4.69) is 16.0 Å². The lowest BCUT2D eigenvalue weighted by molar-refractivity contribution is -0.176. The van der Waals surface area contributed by atoms with Gasteiger partial charge in [-0.2, -0.15) is 0 Å². The van der Waals surface area contributed by atoms with Crippen LogP contribution in [0.2, 0.25) is 10.0 Å². The molecule has 2 saturated heterocycles. The molecule has 0 radical (unpaired) electrons. The van der Waals surface area contributed by atoms with Crippen molar-refractivity contribution in [2.45, 2.75) is 56.7 Å². The number of nitrogens with one attached hydrogen (secondary N) is 3. The average molecular weight is 729 g/mol. The number of esters is 1. The van der Waals surface area contributed by atoms with Gasteiger partial charge < -0.3 is 20.7 Å². The number of urea groups is 1. The molecule has 1 aromatic heterocycles. The van der Waals surface area contributed by atoms with E-state index >= 15 is 0 Å². The molecule has 2 fully saturated rings. The van der Waals surface area contributed by atoms with Gasteiger partial charge in [0.2, 0.25) is 11.8 Å². The highest BCUT2D eigenvalue weighted by atomic mass is 35.5. The Kier molecular flexibility index (Phi) is 12.3. The molecule has 2 aliphatic rings. The maximum Gasteiger partial charge on any atom is 0.341 e. The molecule has 5 amide bonds. The number of hydrogen-bond donors (Lipinski definition) is 3. The lowest BCUT2D eigenvalue weighted by Crippen LogP contribution is -2.65. The summed E-state index contributed by atoms with van der Waals surface area (Å²) >= 11 is 13.8. The topological polar surface area (TPSA) is 154 Å². The zero-order valence-electron chi connectivity index (χ0n) is 26.4. The quantitative estimate of drug-likeness (QED) is 0.239. The third kappa shape index (κ3) is 9.17. The van der Waals surface area contributed by atoms with Crippen molar-refractivity contribution in [1.29, 1.82) is 0 Å². The van der Waals surface area contributed by atoms with Gasteiger partial charge in [-0.1, -0.05) is 65.7 Å². The van der Waals surface area contributed by atoms with Crippen LogP contribution in [0.1, 0.15) is 46.5 Å². The molecule has 0 saturated carbocycles. The Morgan fingerprint density at radius 3 is 2.43 bits per heavy atom. The Hall–Kier alpha value is -4.46. The first-order valence-corrected chi connectivity index (χ1v) is 17.4. The fourth-order valence-corrected chi connectivity index (χ4v) is 7.00. The Labute approximate surface area is 297 Å². The molecule has 0 spiro atoms. The number of hydrazine groups is 1. The summed E-state index contributed by atoms with van der Waals surface area (Å²) in [6.45, 7) is -0.116. The Morgan fingerprint density at radius 2 is 1.71 bits per heavy atom. The van der Waals surface area contributed by atoms with Crippen LogP contribution in [0.3, 0.4) is 0 Å². The maximum atomic E-state index is 13.9. The van der Waals surface area contributed by atoms with E-state index in [4.69, 9.17) is 27.9 Å². The minimum absolute atomic E-state index is 0.00729. The van der Waals surface area contributed by atoms with Crippen LogP contribution in [0.5, 0.6) is 0 Å². The van der Waals surface area contributed by atoms with Crippen LogP contribution in [-0.2, 0) is 36.8 Å². The molecule has 3 N–H and O–H groups in total. The van der Waals surface area contributed by atoms with Crippen molar-refractivity contribution >= 4 is 70.0 Å². The van der Waals surface area contributed by atoms with Gasteiger partial charge in [-0.05, 0) is 61.2 Å². The number of amides is 5. The largest absolute Gasteiger partial charge is 0.454 e. The molecular weight excluding hydrogens is 693 g/mol. The van der Waals surface area contributed by atoms with E-state index in [0.29, 0.717) is 19.4 Å². The Bertz CT molecular complexity index is 1670. The van der Waals surface area contributed by atoms with Crippen molar-refractivity contribution < 1.29 is 33.5 Å². The van der Waals surface area contributed by atoms with E-state index in [0.717, 1.165) is 15.4 Å². The summed E-state index contributed by atoms with van der Waals surface area (Å²) < 4.78 is 5.26. The number of rotatable bonds is 12. The monoisotopic (exact) mass is 727 g/mol. The predicted octanol–water partition coefficient (Wildman–Crippen LogP) is 3.95. The molecule has 12 nitrogen and oxygen atoms in total. The number of hydrogen-bond acceptors (Lipinski definition) is 8. The van der Waals surface area contributed by atoms with Gasteiger partial charge in [-0.15, -0.1) is 11.3 Å². The second-order valence-corrected chi connectivity index (χ2v) is 13.4. The van der Waals surface area contributed by atoms with Crippen molar-refractivity contribution in [3.63, 3.8) is 0 Å². The standard InChI is InChI=1S/C34H35Cl2N5O7S/c35-23-10-4-11-24(36)30(23)33(46)48-20-28(42)26(19-21-7-2-1-3-8-21)38-31(44)27-12-5-17-40-29(43)14-13-25(32(45)41(27)40)39-34(47)37-16-15-22-9-6-18-49-22/h1-4,6-11,18,25-27H,5,12-17,19-20H2,(H,38,44)(H2,37,39,47)/t25-,26-,27-/m0/s1. The first kappa shape index (κ1) is 35.8. The number of carbonyl (C=O) groups excluding carboxylic acids is 6. The number of ketones is 1. The molecular formula is C34H35Cl2N5O7S. The molecule has 49 heavy (non-hydrogen) atoms. The number of Topliss-reactive ketones (excluding diaryl/α,β-unsaturated/α-hetero) is 1. The van der Waals surface area contributed by atoms with Crippen molar-refractivity contribution in [1.82, 2.24) is 26.0 Å². The van der Waals surface area contributed by atoms with Gasteiger partial charge in [0.1, 0.15) is 12.1 Å². The molecule has 5 rings (SSSR count). The molecule has 3 heterocycles. The van der Waals surface area contributed by atoms with Crippen molar-refractivity contribution in [3.05, 3.63) is 92.1 Å². The molecule has 2 aromatic carbocycles. The summed E-state index contributed by atoms with van der Waals surface area (Å²) in [7, 11) is 0. The lowest BCUT2D eigenvalue weighted by atomic mass is 10.0. The van der Waals surface area contributed by atoms with E-state index in [1.54, 1.807) is 47.7 Å². The Morgan fingerprint density at radius 1 is 0.959 bits per heavy atom. The molecule has 0 aliphatic carbocycles. The minimum atomic E-state index is -1.15. The Balaban J connectivity index is 1.28. The van der Waals surface area contributed by atoms with E-state index in [-0.39, 0.29) is 53.7 Å². The van der Waals surface area contributed by atoms with Crippen molar-refractivity contribution in [2.75, 3.05) is 19.7 Å². The molecule has 3 atom stereocenters.